The van der Waals surface area contributed by atoms with Crippen molar-refractivity contribution in [2.45, 2.75) is 32.6 Å². The van der Waals surface area contributed by atoms with Crippen molar-refractivity contribution in [1.29, 1.82) is 5.26 Å². The molecule has 1 aliphatic carbocycles. The van der Waals surface area contributed by atoms with Gasteiger partial charge in [-0.05, 0) is 50.5 Å². The molecule has 7 nitrogen and oxygen atoms in total. The van der Waals surface area contributed by atoms with Crippen molar-refractivity contribution in [2.75, 3.05) is 11.9 Å². The molecule has 1 amide bonds. The fourth-order valence-electron chi connectivity index (χ4n) is 3.98. The van der Waals surface area contributed by atoms with E-state index in [0.717, 1.165) is 16.8 Å². The monoisotopic (exact) mass is 413 g/mol. The Morgan fingerprint density at radius 1 is 1.19 bits per heavy atom. The molecule has 0 radical (unpaired) electrons. The van der Waals surface area contributed by atoms with Crippen LogP contribution in [0.25, 0.3) is 0 Å². The lowest BCUT2D eigenvalue weighted by atomic mass is 9.90. The first-order chi connectivity index (χ1) is 14.9. The Hall–Kier alpha value is -3.79. The first-order valence-electron chi connectivity index (χ1n) is 10.1. The molecule has 0 bridgehead atoms. The molecule has 2 aromatic heterocycles. The number of ether oxygens (including phenoxy) is 1. The smallest absolute Gasteiger partial charge is 0.229 e. The molecule has 1 saturated carbocycles. The van der Waals surface area contributed by atoms with E-state index in [1.54, 1.807) is 18.3 Å². The van der Waals surface area contributed by atoms with Crippen molar-refractivity contribution in [3.63, 3.8) is 0 Å². The van der Waals surface area contributed by atoms with Crippen LogP contribution >= 0.6 is 0 Å². The molecule has 1 aliphatic rings. The number of nitrogens with zero attached hydrogens (tertiary/aromatic N) is 4. The van der Waals surface area contributed by atoms with Crippen LogP contribution in [0.3, 0.4) is 0 Å². The van der Waals surface area contributed by atoms with Crippen molar-refractivity contribution < 1.29 is 9.53 Å². The zero-order valence-corrected chi connectivity index (χ0v) is 17.7. The van der Waals surface area contributed by atoms with E-state index in [4.69, 9.17) is 10.00 Å². The number of aromatic nitrogens is 3. The summed E-state index contributed by atoms with van der Waals surface area (Å²) in [7, 11) is 0. The van der Waals surface area contributed by atoms with Gasteiger partial charge in [-0.25, -0.2) is 15.0 Å². The fourth-order valence-corrected chi connectivity index (χ4v) is 3.98. The van der Waals surface area contributed by atoms with E-state index in [2.05, 4.69) is 26.3 Å². The molecule has 2 unspecified atom stereocenters. The number of anilines is 1. The summed E-state index contributed by atoms with van der Waals surface area (Å²) in [5.41, 5.74) is 3.02. The minimum absolute atomic E-state index is 0.110. The molecule has 156 valence electrons. The zero-order chi connectivity index (χ0) is 22.0. The van der Waals surface area contributed by atoms with E-state index in [1.165, 1.54) is 6.20 Å². The molecule has 7 heteroatoms. The maximum atomic E-state index is 13.1. The normalized spacial score (nSPS) is 19.4. The average Bonchev–Trinajstić information content (AvgIpc) is 3.50. The Bertz CT molecular complexity index is 1170. The van der Waals surface area contributed by atoms with Gasteiger partial charge >= 0.3 is 0 Å². The third kappa shape index (κ3) is 4.10. The number of benzene rings is 1. The largest absolute Gasteiger partial charge is 0.489 e. The summed E-state index contributed by atoms with van der Waals surface area (Å²) < 4.78 is 6.13. The quantitative estimate of drug-likeness (QED) is 0.662. The molecule has 4 rings (SSSR count). The Balaban J connectivity index is 1.56. The van der Waals surface area contributed by atoms with E-state index >= 15 is 0 Å². The topological polar surface area (TPSA) is 101 Å². The highest BCUT2D eigenvalue weighted by Crippen LogP contribution is 2.55. The predicted molar refractivity (Wildman–Crippen MR) is 116 cm³/mol. The highest BCUT2D eigenvalue weighted by Gasteiger charge is 2.60. The van der Waals surface area contributed by atoms with Crippen LogP contribution in [0.4, 0.5) is 5.82 Å². The molecule has 0 spiro atoms. The first kappa shape index (κ1) is 20.5. The van der Waals surface area contributed by atoms with Gasteiger partial charge in [0.1, 0.15) is 17.7 Å². The lowest BCUT2D eigenvalue weighted by Crippen LogP contribution is -2.27. The second kappa shape index (κ2) is 8.15. The van der Waals surface area contributed by atoms with E-state index in [1.807, 2.05) is 45.0 Å². The van der Waals surface area contributed by atoms with Gasteiger partial charge in [-0.1, -0.05) is 24.3 Å². The van der Waals surface area contributed by atoms with Crippen LogP contribution in [0, 0.1) is 38.0 Å². The van der Waals surface area contributed by atoms with Gasteiger partial charge in [0.2, 0.25) is 5.91 Å². The van der Waals surface area contributed by atoms with Gasteiger partial charge in [-0.3, -0.25) is 4.79 Å². The molecular weight excluding hydrogens is 390 g/mol. The van der Waals surface area contributed by atoms with Crippen molar-refractivity contribution in [1.82, 2.24) is 15.0 Å². The van der Waals surface area contributed by atoms with E-state index in [9.17, 15) is 4.79 Å². The lowest BCUT2D eigenvalue weighted by Gasteiger charge is -2.21. The summed E-state index contributed by atoms with van der Waals surface area (Å²) in [6.07, 6.45) is 3.80. The minimum atomic E-state index is -0.431. The number of nitriles is 1. The molecule has 0 saturated heterocycles. The van der Waals surface area contributed by atoms with Crippen LogP contribution < -0.4 is 10.1 Å². The van der Waals surface area contributed by atoms with Gasteiger partial charge in [0, 0.05) is 11.6 Å². The number of nitrogens with one attached hydrogen (secondary N) is 1. The number of amides is 1. The average molecular weight is 413 g/mol. The number of hydrogen-bond acceptors (Lipinski definition) is 6. The number of pyridine rings is 1. The van der Waals surface area contributed by atoms with Crippen molar-refractivity contribution in [3.05, 3.63) is 77.0 Å². The van der Waals surface area contributed by atoms with Gasteiger partial charge in [-0.15, -0.1) is 0 Å². The molecule has 1 fully saturated rings. The Morgan fingerprint density at radius 3 is 2.68 bits per heavy atom. The van der Waals surface area contributed by atoms with Crippen molar-refractivity contribution >= 4 is 11.7 Å². The van der Waals surface area contributed by atoms with Crippen LogP contribution in [-0.4, -0.2) is 27.5 Å². The number of aryl methyl sites for hydroxylation is 3. The SMILES string of the molecule is Cc1ncc(OCC2(c3ccccc3C)CC2C(=O)Nc2ccc(C#N)cn2)c(C)n1. The second-order valence-electron chi connectivity index (χ2n) is 7.92. The standard InChI is InChI=1S/C24H23N5O2/c1-15-6-4-5-7-19(15)24(14-31-21-13-26-17(3)28-16(21)2)10-20(24)23(30)29-22-9-8-18(11-25)12-27-22/h4-9,12-13,20H,10,14H2,1-3H3,(H,27,29,30). The first-order valence-corrected chi connectivity index (χ1v) is 10.1. The highest BCUT2D eigenvalue weighted by atomic mass is 16.5. The maximum Gasteiger partial charge on any atom is 0.229 e. The second-order valence-corrected chi connectivity index (χ2v) is 7.92. The Morgan fingerprint density at radius 2 is 2.00 bits per heavy atom. The van der Waals surface area contributed by atoms with Crippen LogP contribution in [0.1, 0.15) is 34.6 Å². The van der Waals surface area contributed by atoms with Crippen LogP contribution in [0.2, 0.25) is 0 Å². The molecule has 2 heterocycles. The minimum Gasteiger partial charge on any atom is -0.489 e. The molecule has 31 heavy (non-hydrogen) atoms. The van der Waals surface area contributed by atoms with Gasteiger partial charge in [-0.2, -0.15) is 5.26 Å². The summed E-state index contributed by atoms with van der Waals surface area (Å²) >= 11 is 0. The molecule has 3 aromatic rings. The zero-order valence-electron chi connectivity index (χ0n) is 17.7. The summed E-state index contributed by atoms with van der Waals surface area (Å²) in [5, 5.41) is 11.8. The molecular formula is C24H23N5O2. The van der Waals surface area contributed by atoms with Crippen LogP contribution in [-0.2, 0) is 10.2 Å². The molecule has 1 N–H and O–H groups in total. The number of carbonyl (C=O) groups excluding carboxylic acids is 1. The third-order valence-corrected chi connectivity index (χ3v) is 5.76. The van der Waals surface area contributed by atoms with E-state index in [0.29, 0.717) is 36.0 Å². The Labute approximate surface area is 181 Å². The lowest BCUT2D eigenvalue weighted by molar-refractivity contribution is -0.117. The molecule has 2 atom stereocenters. The van der Waals surface area contributed by atoms with Crippen LogP contribution in [0.5, 0.6) is 5.75 Å². The van der Waals surface area contributed by atoms with Gasteiger partial charge in [0.15, 0.2) is 5.75 Å². The summed E-state index contributed by atoms with van der Waals surface area (Å²) in [4.78, 5) is 25.8. The van der Waals surface area contributed by atoms with E-state index in [-0.39, 0.29) is 11.8 Å². The number of rotatable bonds is 6. The third-order valence-electron chi connectivity index (χ3n) is 5.76. The molecule has 1 aromatic carbocycles. The summed E-state index contributed by atoms with van der Waals surface area (Å²) in [5.74, 6) is 1.38. The van der Waals surface area contributed by atoms with Crippen LogP contribution in [0.15, 0.2) is 48.8 Å². The van der Waals surface area contributed by atoms with Crippen molar-refractivity contribution in [2.24, 2.45) is 5.92 Å². The van der Waals surface area contributed by atoms with Crippen molar-refractivity contribution in [3.8, 4) is 11.8 Å². The predicted octanol–water partition coefficient (Wildman–Crippen LogP) is 3.64. The van der Waals surface area contributed by atoms with Gasteiger partial charge in [0.25, 0.3) is 0 Å². The van der Waals surface area contributed by atoms with Gasteiger partial charge < -0.3 is 10.1 Å². The highest BCUT2D eigenvalue weighted by molar-refractivity contribution is 5.95. The molecule has 0 aliphatic heterocycles. The summed E-state index contributed by atoms with van der Waals surface area (Å²) in [6.45, 7) is 6.12. The van der Waals surface area contributed by atoms with Gasteiger partial charge in [0.05, 0.1) is 30.0 Å². The maximum absolute atomic E-state index is 13.1. The Kier molecular flexibility index (Phi) is 5.38. The summed E-state index contributed by atoms with van der Waals surface area (Å²) in [6, 6.07) is 13.4. The van der Waals surface area contributed by atoms with E-state index < -0.39 is 5.41 Å². The fraction of sp³-hybridized carbons (Fsp3) is 0.292. The number of carbonyl (C=O) groups is 1. The number of hydrogen-bond donors (Lipinski definition) is 1.